The maximum atomic E-state index is 12.0. The van der Waals surface area contributed by atoms with Crippen LogP contribution in [0.2, 0.25) is 0 Å². The topological polar surface area (TPSA) is 95.6 Å². The van der Waals surface area contributed by atoms with E-state index < -0.39 is 0 Å². The second kappa shape index (κ2) is 5.27. The first-order valence-electron chi connectivity index (χ1n) is 6.14. The Kier molecular flexibility index (Phi) is 3.72. The van der Waals surface area contributed by atoms with Crippen molar-refractivity contribution in [1.29, 1.82) is 0 Å². The summed E-state index contributed by atoms with van der Waals surface area (Å²) >= 11 is 0. The van der Waals surface area contributed by atoms with E-state index in [4.69, 9.17) is 5.73 Å². The second-order valence-corrected chi connectivity index (χ2v) is 4.71. The summed E-state index contributed by atoms with van der Waals surface area (Å²) in [5.74, 6) is -0.241. The lowest BCUT2D eigenvalue weighted by Crippen LogP contribution is -2.39. The summed E-state index contributed by atoms with van der Waals surface area (Å²) in [6.07, 6.45) is 2.99. The summed E-state index contributed by atoms with van der Waals surface area (Å²) in [4.78, 5) is 12.0. The van der Waals surface area contributed by atoms with Crippen molar-refractivity contribution in [2.45, 2.75) is 25.3 Å². The van der Waals surface area contributed by atoms with E-state index in [-0.39, 0.29) is 29.0 Å². The van der Waals surface area contributed by atoms with Crippen LogP contribution in [-0.4, -0.2) is 28.7 Å². The molecule has 2 rings (SSSR count). The van der Waals surface area contributed by atoms with Gasteiger partial charge in [-0.2, -0.15) is 0 Å². The number of carbonyl (C=O) groups excluding carboxylic acids is 1. The molecule has 0 radical (unpaired) electrons. The normalized spacial score (nSPS) is 22.9. The van der Waals surface area contributed by atoms with Crippen molar-refractivity contribution in [2.24, 2.45) is 11.7 Å². The lowest BCUT2D eigenvalue weighted by Gasteiger charge is -2.19. The fourth-order valence-electron chi connectivity index (χ4n) is 2.46. The van der Waals surface area contributed by atoms with Crippen molar-refractivity contribution in [3.05, 3.63) is 23.8 Å². The van der Waals surface area contributed by atoms with Gasteiger partial charge in [-0.05, 0) is 43.5 Å². The zero-order valence-electron chi connectivity index (χ0n) is 10.1. The number of phenols is 2. The molecule has 1 aliphatic carbocycles. The Morgan fingerprint density at radius 1 is 1.39 bits per heavy atom. The van der Waals surface area contributed by atoms with E-state index >= 15 is 0 Å². The van der Waals surface area contributed by atoms with Crippen LogP contribution in [0.25, 0.3) is 0 Å². The van der Waals surface area contributed by atoms with E-state index in [1.165, 1.54) is 18.2 Å². The number of aromatic hydroxyl groups is 2. The highest BCUT2D eigenvalue weighted by Crippen LogP contribution is 2.26. The van der Waals surface area contributed by atoms with Crippen LogP contribution < -0.4 is 11.1 Å². The molecule has 0 aromatic heterocycles. The first kappa shape index (κ1) is 12.7. The van der Waals surface area contributed by atoms with Crippen molar-refractivity contribution < 1.29 is 15.0 Å². The molecule has 2 atom stereocenters. The second-order valence-electron chi connectivity index (χ2n) is 4.71. The number of nitrogens with two attached hydrogens (primary N) is 1. The molecule has 98 valence electrons. The average molecular weight is 250 g/mol. The smallest absolute Gasteiger partial charge is 0.255 e. The minimum atomic E-state index is -0.367. The number of phenolic OH excluding ortho intramolecular Hbond substituents is 2. The number of amides is 1. The third-order valence-electron chi connectivity index (χ3n) is 3.50. The molecule has 1 aromatic rings. The molecule has 0 saturated heterocycles. The molecule has 0 aliphatic heterocycles. The molecule has 0 spiro atoms. The van der Waals surface area contributed by atoms with Gasteiger partial charge in [0, 0.05) is 6.04 Å². The van der Waals surface area contributed by atoms with Crippen LogP contribution in [0.15, 0.2) is 18.2 Å². The molecule has 5 nitrogen and oxygen atoms in total. The van der Waals surface area contributed by atoms with Crippen LogP contribution in [0, 0.1) is 5.92 Å². The Hall–Kier alpha value is -1.75. The fraction of sp³-hybridized carbons (Fsp3) is 0.462. The lowest BCUT2D eigenvalue weighted by atomic mass is 10.0. The van der Waals surface area contributed by atoms with Crippen LogP contribution in [0.3, 0.4) is 0 Å². The van der Waals surface area contributed by atoms with Crippen molar-refractivity contribution >= 4 is 5.91 Å². The summed E-state index contributed by atoms with van der Waals surface area (Å²) in [6.45, 7) is 0.553. The van der Waals surface area contributed by atoms with Gasteiger partial charge in [-0.1, -0.05) is 6.42 Å². The van der Waals surface area contributed by atoms with Gasteiger partial charge in [-0.25, -0.2) is 0 Å². The van der Waals surface area contributed by atoms with Crippen LogP contribution in [0.5, 0.6) is 11.5 Å². The molecule has 1 amide bonds. The van der Waals surface area contributed by atoms with E-state index in [2.05, 4.69) is 5.32 Å². The van der Waals surface area contributed by atoms with Crippen molar-refractivity contribution in [1.82, 2.24) is 5.32 Å². The highest BCUT2D eigenvalue weighted by molar-refractivity contribution is 5.97. The summed E-state index contributed by atoms with van der Waals surface area (Å²) in [5, 5.41) is 21.8. The van der Waals surface area contributed by atoms with Crippen LogP contribution in [0.1, 0.15) is 29.6 Å². The van der Waals surface area contributed by atoms with Crippen LogP contribution in [-0.2, 0) is 0 Å². The lowest BCUT2D eigenvalue weighted by molar-refractivity contribution is 0.0925. The molecule has 5 N–H and O–H groups in total. The fourth-order valence-corrected chi connectivity index (χ4v) is 2.46. The molecular weight excluding hydrogens is 232 g/mol. The monoisotopic (exact) mass is 250 g/mol. The third-order valence-corrected chi connectivity index (χ3v) is 3.50. The van der Waals surface area contributed by atoms with E-state index in [0.29, 0.717) is 12.5 Å². The molecule has 1 aromatic carbocycles. The number of rotatable bonds is 3. The molecular formula is C13H18N2O3. The predicted molar refractivity (Wildman–Crippen MR) is 67.4 cm³/mol. The molecule has 1 saturated carbocycles. The standard InChI is InChI=1S/C13H18N2O3/c14-7-8-2-1-3-11(8)15-13(18)10-6-9(16)4-5-12(10)17/h4-6,8,11,16-17H,1-3,7,14H2,(H,15,18). The molecule has 18 heavy (non-hydrogen) atoms. The zero-order chi connectivity index (χ0) is 13.1. The first-order valence-corrected chi connectivity index (χ1v) is 6.14. The Morgan fingerprint density at radius 3 is 2.89 bits per heavy atom. The van der Waals surface area contributed by atoms with Crippen LogP contribution >= 0.6 is 0 Å². The molecule has 2 unspecified atom stereocenters. The number of nitrogens with one attached hydrogen (secondary N) is 1. The minimum absolute atomic E-state index is 0.0419. The largest absolute Gasteiger partial charge is 0.508 e. The highest BCUT2D eigenvalue weighted by Gasteiger charge is 2.28. The van der Waals surface area contributed by atoms with Gasteiger partial charge in [-0.15, -0.1) is 0 Å². The molecule has 5 heteroatoms. The predicted octanol–water partition coefficient (Wildman–Crippen LogP) is 0.955. The zero-order valence-corrected chi connectivity index (χ0v) is 10.1. The van der Waals surface area contributed by atoms with E-state index in [0.717, 1.165) is 19.3 Å². The first-order chi connectivity index (χ1) is 8.61. The third kappa shape index (κ3) is 2.56. The van der Waals surface area contributed by atoms with E-state index in [1.807, 2.05) is 0 Å². The summed E-state index contributed by atoms with van der Waals surface area (Å²) in [5.41, 5.74) is 5.75. The molecule has 0 bridgehead atoms. The van der Waals surface area contributed by atoms with E-state index in [9.17, 15) is 15.0 Å². The quantitative estimate of drug-likeness (QED) is 0.601. The number of hydrogen-bond acceptors (Lipinski definition) is 4. The Morgan fingerprint density at radius 2 is 2.17 bits per heavy atom. The van der Waals surface area contributed by atoms with Gasteiger partial charge >= 0.3 is 0 Å². The van der Waals surface area contributed by atoms with Gasteiger partial charge in [0.1, 0.15) is 11.5 Å². The van der Waals surface area contributed by atoms with E-state index in [1.54, 1.807) is 0 Å². The Labute approximate surface area is 106 Å². The Balaban J connectivity index is 2.09. The van der Waals surface area contributed by atoms with Crippen molar-refractivity contribution in [2.75, 3.05) is 6.54 Å². The summed E-state index contributed by atoms with van der Waals surface area (Å²) < 4.78 is 0. The molecule has 1 fully saturated rings. The average Bonchev–Trinajstić information content (AvgIpc) is 2.79. The van der Waals surface area contributed by atoms with Gasteiger partial charge in [0.2, 0.25) is 0 Å². The molecule has 0 heterocycles. The Bertz CT molecular complexity index is 448. The maximum Gasteiger partial charge on any atom is 0.255 e. The minimum Gasteiger partial charge on any atom is -0.508 e. The number of hydrogen-bond donors (Lipinski definition) is 4. The maximum absolute atomic E-state index is 12.0. The van der Waals surface area contributed by atoms with Crippen molar-refractivity contribution in [3.8, 4) is 11.5 Å². The van der Waals surface area contributed by atoms with Gasteiger partial charge in [0.25, 0.3) is 5.91 Å². The highest BCUT2D eigenvalue weighted by atomic mass is 16.3. The number of benzene rings is 1. The molecule has 1 aliphatic rings. The van der Waals surface area contributed by atoms with Gasteiger partial charge in [0.15, 0.2) is 0 Å². The van der Waals surface area contributed by atoms with Gasteiger partial charge in [0.05, 0.1) is 5.56 Å². The van der Waals surface area contributed by atoms with Crippen molar-refractivity contribution in [3.63, 3.8) is 0 Å². The van der Waals surface area contributed by atoms with Gasteiger partial charge < -0.3 is 21.3 Å². The summed E-state index contributed by atoms with van der Waals surface area (Å²) in [6, 6.07) is 3.96. The summed E-state index contributed by atoms with van der Waals surface area (Å²) in [7, 11) is 0. The SMILES string of the molecule is NCC1CCCC1NC(=O)c1cc(O)ccc1O. The van der Waals surface area contributed by atoms with Crippen LogP contribution in [0.4, 0.5) is 0 Å². The van der Waals surface area contributed by atoms with Gasteiger partial charge in [-0.3, -0.25) is 4.79 Å². The number of carbonyl (C=O) groups is 1.